The van der Waals surface area contributed by atoms with Gasteiger partial charge in [-0.05, 0) is 18.2 Å². The molecule has 1 aromatic carbocycles. The highest BCUT2D eigenvalue weighted by Crippen LogP contribution is 2.39. The highest BCUT2D eigenvalue weighted by molar-refractivity contribution is 5.90. The first-order valence-corrected chi connectivity index (χ1v) is 10.4. The second-order valence-corrected chi connectivity index (χ2v) is 7.91. The van der Waals surface area contributed by atoms with Gasteiger partial charge >= 0.3 is 18.0 Å². The number of benzene rings is 1. The number of nitrogens with one attached hydrogen (secondary N) is 1. The minimum absolute atomic E-state index is 0.0140. The minimum Gasteiger partial charge on any atom is -0.437 e. The van der Waals surface area contributed by atoms with Gasteiger partial charge in [0.05, 0.1) is 12.0 Å². The molecule has 0 bridgehead atoms. The van der Waals surface area contributed by atoms with Crippen LogP contribution in [-0.2, 0) is 19.6 Å². The number of oxazole rings is 1. The average Bonchev–Trinajstić information content (AvgIpc) is 3.62. The predicted molar refractivity (Wildman–Crippen MR) is 111 cm³/mol. The zero-order chi connectivity index (χ0) is 24.3. The molecule has 4 aromatic heterocycles. The maximum atomic E-state index is 13.5. The van der Waals surface area contributed by atoms with Gasteiger partial charge in [0.25, 0.3) is 5.89 Å². The van der Waals surface area contributed by atoms with E-state index in [2.05, 4.69) is 30.2 Å². The van der Waals surface area contributed by atoms with Gasteiger partial charge in [-0.1, -0.05) is 6.07 Å². The monoisotopic (exact) mass is 484 g/mol. The number of carbonyl (C=O) groups excluding carboxylic acids is 1. The molecule has 5 heterocycles. The number of hydrogen-bond acceptors (Lipinski definition) is 8. The lowest BCUT2D eigenvalue weighted by Gasteiger charge is -2.31. The molecule has 1 aliphatic rings. The van der Waals surface area contributed by atoms with Crippen LogP contribution in [0.25, 0.3) is 22.7 Å². The van der Waals surface area contributed by atoms with Crippen LogP contribution in [-0.4, -0.2) is 52.3 Å². The van der Waals surface area contributed by atoms with Crippen LogP contribution in [0.3, 0.4) is 0 Å². The fourth-order valence-electron chi connectivity index (χ4n) is 4.12. The lowest BCUT2D eigenvalue weighted by Crippen LogP contribution is -2.41. The Morgan fingerprint density at radius 2 is 2.06 bits per heavy atom. The van der Waals surface area contributed by atoms with E-state index in [9.17, 15) is 18.0 Å². The average molecular weight is 484 g/mol. The van der Waals surface area contributed by atoms with Gasteiger partial charge in [0.2, 0.25) is 5.89 Å². The van der Waals surface area contributed by atoms with E-state index in [4.69, 9.17) is 8.83 Å². The molecular formula is C21H15F3N8O3. The van der Waals surface area contributed by atoms with Crippen LogP contribution in [0, 0.1) is 0 Å². The van der Waals surface area contributed by atoms with E-state index in [0.29, 0.717) is 17.8 Å². The summed E-state index contributed by atoms with van der Waals surface area (Å²) >= 11 is 0. The van der Waals surface area contributed by atoms with E-state index in [-0.39, 0.29) is 29.7 Å². The topological polar surface area (TPSA) is 132 Å². The Bertz CT molecular complexity index is 1560. The van der Waals surface area contributed by atoms with E-state index in [0.717, 1.165) is 11.8 Å². The number of carbonyl (C=O) groups is 1. The summed E-state index contributed by atoms with van der Waals surface area (Å²) in [6.45, 7) is 0.185. The Hall–Kier alpha value is -4.49. The van der Waals surface area contributed by atoms with Crippen molar-refractivity contribution in [3.8, 4) is 11.6 Å². The highest BCUT2D eigenvalue weighted by atomic mass is 19.4. The Balaban J connectivity index is 1.42. The largest absolute Gasteiger partial charge is 0.437 e. The molecular weight excluding hydrogens is 469 g/mol. The summed E-state index contributed by atoms with van der Waals surface area (Å²) in [5, 5.41) is 11.9. The normalized spacial score (nSPS) is 16.1. The van der Waals surface area contributed by atoms with Crippen LogP contribution in [0.4, 0.5) is 13.2 Å². The molecule has 1 N–H and O–H groups in total. The van der Waals surface area contributed by atoms with Crippen molar-refractivity contribution in [3.05, 3.63) is 65.5 Å². The fourth-order valence-corrected chi connectivity index (χ4v) is 4.12. The Labute approximate surface area is 193 Å². The SMILES string of the molecule is Cn1ccc(-c2nnc(C(=O)N3CCc4[nH]cnc4[C@H]3c3nc4cccc(C(F)(F)F)c4o3)o2)n1. The van der Waals surface area contributed by atoms with Gasteiger partial charge < -0.3 is 18.7 Å². The molecule has 35 heavy (non-hydrogen) atoms. The van der Waals surface area contributed by atoms with E-state index >= 15 is 0 Å². The van der Waals surface area contributed by atoms with Crippen LogP contribution in [0.15, 0.2) is 45.6 Å². The molecule has 14 heteroatoms. The van der Waals surface area contributed by atoms with E-state index in [1.54, 1.807) is 24.0 Å². The Morgan fingerprint density at radius 3 is 2.83 bits per heavy atom. The molecule has 1 atom stereocenters. The van der Waals surface area contributed by atoms with Crippen molar-refractivity contribution in [3.63, 3.8) is 0 Å². The summed E-state index contributed by atoms with van der Waals surface area (Å²) in [5.74, 6) is -0.999. The number of halogens is 3. The summed E-state index contributed by atoms with van der Waals surface area (Å²) in [7, 11) is 1.72. The van der Waals surface area contributed by atoms with Crippen molar-refractivity contribution in [2.24, 2.45) is 7.05 Å². The van der Waals surface area contributed by atoms with E-state index in [1.807, 2.05) is 0 Å². The molecule has 5 aromatic rings. The molecule has 0 unspecified atom stereocenters. The van der Waals surface area contributed by atoms with Crippen molar-refractivity contribution < 1.29 is 26.8 Å². The van der Waals surface area contributed by atoms with E-state index in [1.165, 1.54) is 23.4 Å². The van der Waals surface area contributed by atoms with Crippen molar-refractivity contribution in [2.75, 3.05) is 6.54 Å². The maximum Gasteiger partial charge on any atom is 0.420 e. The standard InChI is InChI=1S/C21H15F3N8O3/c1-31-7-5-13(30-31)17-28-29-19(35-17)20(33)32-8-6-11-14(26-9-25-11)15(32)18-27-12-4-2-3-10(16(12)34-18)21(22,23)24/h2-5,7,9,15H,6,8H2,1H3,(H,25,26)/t15-/m0/s1. The number of nitrogens with zero attached hydrogens (tertiary/aromatic N) is 7. The third-order valence-corrected chi connectivity index (χ3v) is 5.70. The number of amides is 1. The number of aryl methyl sites for hydroxylation is 1. The quantitative estimate of drug-likeness (QED) is 0.413. The molecule has 1 amide bonds. The molecule has 0 fully saturated rings. The third kappa shape index (κ3) is 3.45. The molecule has 0 radical (unpaired) electrons. The molecule has 0 aliphatic carbocycles. The Kier molecular flexibility index (Phi) is 4.52. The van der Waals surface area contributed by atoms with Gasteiger partial charge in [-0.3, -0.25) is 9.48 Å². The molecule has 0 saturated heterocycles. The van der Waals surface area contributed by atoms with Gasteiger partial charge in [0.15, 0.2) is 11.6 Å². The van der Waals surface area contributed by atoms with Gasteiger partial charge in [0.1, 0.15) is 16.8 Å². The van der Waals surface area contributed by atoms with Crippen molar-refractivity contribution in [2.45, 2.75) is 18.6 Å². The van der Waals surface area contributed by atoms with Crippen LogP contribution >= 0.6 is 0 Å². The van der Waals surface area contributed by atoms with Gasteiger partial charge in [0, 0.05) is 31.9 Å². The van der Waals surface area contributed by atoms with Crippen LogP contribution in [0.5, 0.6) is 0 Å². The zero-order valence-corrected chi connectivity index (χ0v) is 17.9. The smallest absolute Gasteiger partial charge is 0.420 e. The zero-order valence-electron chi connectivity index (χ0n) is 17.9. The third-order valence-electron chi connectivity index (χ3n) is 5.70. The number of hydrogen-bond donors (Lipinski definition) is 1. The van der Waals surface area contributed by atoms with Crippen LogP contribution < -0.4 is 0 Å². The van der Waals surface area contributed by atoms with Crippen molar-refractivity contribution in [1.29, 1.82) is 0 Å². The summed E-state index contributed by atoms with van der Waals surface area (Å²) in [6, 6.07) is 4.22. The fraction of sp³-hybridized carbons (Fsp3) is 0.238. The number of para-hydroxylation sites is 1. The predicted octanol–water partition coefficient (Wildman–Crippen LogP) is 3.14. The molecule has 6 rings (SSSR count). The summed E-state index contributed by atoms with van der Waals surface area (Å²) < 4.78 is 53.3. The van der Waals surface area contributed by atoms with E-state index < -0.39 is 29.3 Å². The van der Waals surface area contributed by atoms with Crippen molar-refractivity contribution in [1.82, 2.24) is 39.8 Å². The van der Waals surface area contributed by atoms with Gasteiger partial charge in [-0.2, -0.15) is 18.3 Å². The maximum absolute atomic E-state index is 13.5. The summed E-state index contributed by atoms with van der Waals surface area (Å²) in [5.41, 5.74) is 0.163. The number of fused-ring (bicyclic) bond motifs is 2. The number of rotatable bonds is 3. The number of imidazole rings is 1. The number of aromatic amines is 1. The lowest BCUT2D eigenvalue weighted by molar-refractivity contribution is -0.136. The summed E-state index contributed by atoms with van der Waals surface area (Å²) in [4.78, 5) is 26.3. The molecule has 0 spiro atoms. The molecule has 178 valence electrons. The van der Waals surface area contributed by atoms with Crippen LogP contribution in [0.2, 0.25) is 0 Å². The number of alkyl halides is 3. The minimum atomic E-state index is -4.64. The van der Waals surface area contributed by atoms with Gasteiger partial charge in [-0.15, -0.1) is 10.2 Å². The molecule has 11 nitrogen and oxygen atoms in total. The second-order valence-electron chi connectivity index (χ2n) is 7.91. The first-order valence-electron chi connectivity index (χ1n) is 10.4. The molecule has 1 aliphatic heterocycles. The number of aromatic nitrogens is 7. The van der Waals surface area contributed by atoms with Crippen molar-refractivity contribution >= 4 is 17.0 Å². The first-order chi connectivity index (χ1) is 16.8. The lowest BCUT2D eigenvalue weighted by atomic mass is 10.0. The highest BCUT2D eigenvalue weighted by Gasteiger charge is 2.41. The van der Waals surface area contributed by atoms with Gasteiger partial charge in [-0.25, -0.2) is 9.97 Å². The second kappa shape index (κ2) is 7.51. The first kappa shape index (κ1) is 21.1. The summed E-state index contributed by atoms with van der Waals surface area (Å²) in [6.07, 6.45) is -1.08. The molecule has 0 saturated carbocycles. The van der Waals surface area contributed by atoms with Crippen LogP contribution in [0.1, 0.15) is 39.6 Å². The number of H-pyrrole nitrogens is 1. The Morgan fingerprint density at radius 1 is 1.20 bits per heavy atom.